The molecule has 3 rings (SSSR count). The van der Waals surface area contributed by atoms with Crippen molar-refractivity contribution in [1.82, 2.24) is 15.2 Å². The van der Waals surface area contributed by atoms with Crippen molar-refractivity contribution in [3.05, 3.63) is 16.4 Å². The fourth-order valence-electron chi connectivity index (χ4n) is 3.20. The van der Waals surface area contributed by atoms with E-state index in [1.165, 1.54) is 6.42 Å². The Hall–Kier alpha value is -0.430. The molecule has 0 spiro atoms. The van der Waals surface area contributed by atoms with Gasteiger partial charge in [0.15, 0.2) is 0 Å². The molecule has 4 atom stereocenters. The lowest BCUT2D eigenvalue weighted by molar-refractivity contribution is 0.0849. The third-order valence-corrected chi connectivity index (χ3v) is 4.60. The molecule has 4 unspecified atom stereocenters. The van der Waals surface area contributed by atoms with Gasteiger partial charge in [-0.2, -0.15) is 5.10 Å². The molecular weight excluding hydrogens is 284 g/mol. The van der Waals surface area contributed by atoms with Gasteiger partial charge in [-0.25, -0.2) is 0 Å². The summed E-state index contributed by atoms with van der Waals surface area (Å²) in [6.07, 6.45) is 6.05. The molecule has 6 heteroatoms. The molecule has 2 aliphatic heterocycles. The number of fused-ring (bicyclic) bond motifs is 2. The SMILES string of the molecule is Cn1ncc(Br)c1C(NN)C1CC2CCC1O2. The van der Waals surface area contributed by atoms with Crippen LogP contribution in [0.1, 0.15) is 31.0 Å². The van der Waals surface area contributed by atoms with E-state index in [0.29, 0.717) is 18.1 Å². The largest absolute Gasteiger partial charge is 0.375 e. The first-order valence-corrected chi connectivity index (χ1v) is 6.79. The topological polar surface area (TPSA) is 65.1 Å². The lowest BCUT2D eigenvalue weighted by Crippen LogP contribution is -2.38. The normalized spacial score (nSPS) is 33.2. The standard InChI is InChI=1S/C11H17BrN4O/c1-16-11(8(12)5-14-16)10(15-13)7-4-6-2-3-9(7)17-6/h5-7,9-10,15H,2-4,13H2,1H3. The summed E-state index contributed by atoms with van der Waals surface area (Å²) in [5, 5.41) is 4.25. The predicted molar refractivity (Wildman–Crippen MR) is 67.0 cm³/mol. The highest BCUT2D eigenvalue weighted by Gasteiger charge is 2.45. The van der Waals surface area contributed by atoms with Crippen LogP contribution in [0, 0.1) is 5.92 Å². The molecule has 2 saturated heterocycles. The summed E-state index contributed by atoms with van der Waals surface area (Å²) in [5.41, 5.74) is 4.05. The molecule has 5 nitrogen and oxygen atoms in total. The minimum atomic E-state index is 0.104. The first-order chi connectivity index (χ1) is 8.20. The van der Waals surface area contributed by atoms with Crippen molar-refractivity contribution in [2.75, 3.05) is 0 Å². The molecule has 0 saturated carbocycles. The van der Waals surface area contributed by atoms with Gasteiger partial charge in [0, 0.05) is 13.0 Å². The number of halogens is 1. The second-order valence-corrected chi connectivity index (χ2v) is 5.77. The molecule has 17 heavy (non-hydrogen) atoms. The maximum atomic E-state index is 5.90. The van der Waals surface area contributed by atoms with Crippen molar-refractivity contribution < 1.29 is 4.74 Å². The molecule has 1 aromatic rings. The van der Waals surface area contributed by atoms with Gasteiger partial charge in [-0.3, -0.25) is 16.0 Å². The van der Waals surface area contributed by atoms with Crippen LogP contribution in [0.3, 0.4) is 0 Å². The van der Waals surface area contributed by atoms with E-state index in [-0.39, 0.29) is 6.04 Å². The molecule has 0 aromatic carbocycles. The van der Waals surface area contributed by atoms with Crippen molar-refractivity contribution in [3.8, 4) is 0 Å². The minimum Gasteiger partial charge on any atom is -0.375 e. The van der Waals surface area contributed by atoms with Crippen molar-refractivity contribution in [2.45, 2.75) is 37.5 Å². The number of nitrogens with zero attached hydrogens (tertiary/aromatic N) is 2. The summed E-state index contributed by atoms with van der Waals surface area (Å²) in [5.74, 6) is 6.20. The van der Waals surface area contributed by atoms with Crippen LogP contribution in [-0.4, -0.2) is 22.0 Å². The molecule has 2 fully saturated rings. The Kier molecular flexibility index (Phi) is 2.98. The number of aromatic nitrogens is 2. The third kappa shape index (κ3) is 1.83. The first-order valence-electron chi connectivity index (χ1n) is 5.99. The average molecular weight is 301 g/mol. The van der Waals surface area contributed by atoms with Crippen molar-refractivity contribution in [3.63, 3.8) is 0 Å². The van der Waals surface area contributed by atoms with Crippen LogP contribution in [0.25, 0.3) is 0 Å². The van der Waals surface area contributed by atoms with Crippen LogP contribution in [-0.2, 0) is 11.8 Å². The Balaban J connectivity index is 1.89. The van der Waals surface area contributed by atoms with E-state index >= 15 is 0 Å². The lowest BCUT2D eigenvalue weighted by atomic mass is 9.83. The van der Waals surface area contributed by atoms with Crippen LogP contribution in [0.5, 0.6) is 0 Å². The van der Waals surface area contributed by atoms with Crippen LogP contribution in [0.15, 0.2) is 10.7 Å². The van der Waals surface area contributed by atoms with Crippen molar-refractivity contribution in [1.29, 1.82) is 0 Å². The molecule has 3 N–H and O–H groups in total. The average Bonchev–Trinajstić information content (AvgIpc) is 3.00. The molecule has 0 aliphatic carbocycles. The Bertz CT molecular complexity index is 402. The van der Waals surface area contributed by atoms with Gasteiger partial charge in [-0.15, -0.1) is 0 Å². The monoisotopic (exact) mass is 300 g/mol. The van der Waals surface area contributed by atoms with Gasteiger partial charge in [-0.05, 0) is 35.2 Å². The summed E-state index contributed by atoms with van der Waals surface area (Å²) in [7, 11) is 1.94. The first kappa shape index (κ1) is 11.6. The van der Waals surface area contributed by atoms with Crippen LogP contribution in [0.2, 0.25) is 0 Å². The molecule has 3 heterocycles. The highest BCUT2D eigenvalue weighted by molar-refractivity contribution is 9.10. The number of hydrogen-bond donors (Lipinski definition) is 2. The van der Waals surface area contributed by atoms with Gasteiger partial charge < -0.3 is 4.74 Å². The number of nitrogens with one attached hydrogen (secondary N) is 1. The molecule has 0 amide bonds. The second kappa shape index (κ2) is 4.35. The van der Waals surface area contributed by atoms with Crippen molar-refractivity contribution >= 4 is 15.9 Å². The number of rotatable bonds is 3. The third-order valence-electron chi connectivity index (χ3n) is 3.99. The van der Waals surface area contributed by atoms with Gasteiger partial charge in [0.1, 0.15) is 0 Å². The summed E-state index contributed by atoms with van der Waals surface area (Å²) >= 11 is 3.54. The highest BCUT2D eigenvalue weighted by Crippen LogP contribution is 2.45. The molecule has 94 valence electrons. The van der Waals surface area contributed by atoms with E-state index in [1.807, 2.05) is 17.9 Å². The molecule has 0 radical (unpaired) electrons. The van der Waals surface area contributed by atoms with E-state index in [0.717, 1.165) is 23.0 Å². The number of hydrogen-bond acceptors (Lipinski definition) is 4. The predicted octanol–water partition coefficient (Wildman–Crippen LogP) is 1.25. The Morgan fingerprint density at radius 2 is 2.47 bits per heavy atom. The molecular formula is C11H17BrN4O. The Morgan fingerprint density at radius 1 is 1.65 bits per heavy atom. The lowest BCUT2D eigenvalue weighted by Gasteiger charge is -2.28. The second-order valence-electron chi connectivity index (χ2n) is 4.92. The van der Waals surface area contributed by atoms with Gasteiger partial charge in [-0.1, -0.05) is 0 Å². The van der Waals surface area contributed by atoms with Crippen molar-refractivity contribution in [2.24, 2.45) is 18.8 Å². The zero-order chi connectivity index (χ0) is 12.0. The summed E-state index contributed by atoms with van der Waals surface area (Å²) in [6, 6.07) is 0.104. The number of ether oxygens (including phenoxy) is 1. The zero-order valence-electron chi connectivity index (χ0n) is 9.77. The highest BCUT2D eigenvalue weighted by atomic mass is 79.9. The zero-order valence-corrected chi connectivity index (χ0v) is 11.4. The quantitative estimate of drug-likeness (QED) is 0.651. The summed E-state index contributed by atoms with van der Waals surface area (Å²) in [4.78, 5) is 0. The minimum absolute atomic E-state index is 0.104. The number of aryl methyl sites for hydroxylation is 1. The van der Waals surface area contributed by atoms with Gasteiger partial charge in [0.05, 0.1) is 34.6 Å². The van der Waals surface area contributed by atoms with Crippen LogP contribution >= 0.6 is 15.9 Å². The molecule has 2 bridgehead atoms. The Morgan fingerprint density at radius 3 is 2.94 bits per heavy atom. The van der Waals surface area contributed by atoms with E-state index < -0.39 is 0 Å². The maximum Gasteiger partial charge on any atom is 0.0709 e. The fourth-order valence-corrected chi connectivity index (χ4v) is 3.80. The van der Waals surface area contributed by atoms with E-state index in [4.69, 9.17) is 10.6 Å². The van der Waals surface area contributed by atoms with E-state index in [2.05, 4.69) is 26.5 Å². The summed E-state index contributed by atoms with van der Waals surface area (Å²) < 4.78 is 8.79. The van der Waals surface area contributed by atoms with Gasteiger partial charge >= 0.3 is 0 Å². The van der Waals surface area contributed by atoms with Crippen LogP contribution < -0.4 is 11.3 Å². The molecule has 2 aliphatic rings. The molecule has 1 aromatic heterocycles. The van der Waals surface area contributed by atoms with Gasteiger partial charge in [0.2, 0.25) is 0 Å². The Labute approximate surface area is 109 Å². The van der Waals surface area contributed by atoms with Gasteiger partial charge in [0.25, 0.3) is 0 Å². The smallest absolute Gasteiger partial charge is 0.0709 e. The van der Waals surface area contributed by atoms with E-state index in [9.17, 15) is 0 Å². The van der Waals surface area contributed by atoms with E-state index in [1.54, 1.807) is 0 Å². The maximum absolute atomic E-state index is 5.90. The number of nitrogens with two attached hydrogens (primary N) is 1. The summed E-state index contributed by atoms with van der Waals surface area (Å²) in [6.45, 7) is 0. The number of hydrazine groups is 1. The fraction of sp³-hybridized carbons (Fsp3) is 0.727. The van der Waals surface area contributed by atoms with Crippen LogP contribution in [0.4, 0.5) is 0 Å².